The maximum atomic E-state index is 13.0. The Morgan fingerprint density at radius 1 is 0.889 bits per heavy atom. The Balaban J connectivity index is 1.80. The molecule has 0 aliphatic heterocycles. The first-order valence-corrected chi connectivity index (χ1v) is 8.35. The van der Waals surface area contributed by atoms with Gasteiger partial charge in [-0.1, -0.05) is 60.7 Å². The molecule has 8 nitrogen and oxygen atoms in total. The van der Waals surface area contributed by atoms with Crippen LogP contribution in [-0.4, -0.2) is 44.4 Å². The number of nitrogens with zero attached hydrogens (tertiary/aromatic N) is 3. The Hall–Kier alpha value is -3.52. The zero-order valence-corrected chi connectivity index (χ0v) is 14.4. The highest BCUT2D eigenvalue weighted by Gasteiger charge is 2.27. The third kappa shape index (κ3) is 4.56. The number of rotatable bonds is 7. The number of hydrogen-bond acceptors (Lipinski definition) is 5. The molecule has 0 saturated carbocycles. The standard InChI is InChI=1S/C19H19N5O3/c25-11-16(18(26)23-24-12-20-21-13-24)22-19(27)17(14-7-3-1-4-8-14)15-9-5-2-6-10-15/h1-10,12-13,16-17,25H,11H2,(H,22,27)(H,23,26)/t16-/m0/s1. The summed E-state index contributed by atoms with van der Waals surface area (Å²) in [6.45, 7) is -0.546. The van der Waals surface area contributed by atoms with Crippen molar-refractivity contribution in [1.29, 1.82) is 0 Å². The summed E-state index contributed by atoms with van der Waals surface area (Å²) < 4.78 is 1.24. The topological polar surface area (TPSA) is 109 Å². The van der Waals surface area contributed by atoms with E-state index in [2.05, 4.69) is 20.9 Å². The normalized spacial score (nSPS) is 11.8. The number of aliphatic hydroxyl groups is 1. The van der Waals surface area contributed by atoms with Crippen molar-refractivity contribution < 1.29 is 14.7 Å². The molecule has 0 saturated heterocycles. The lowest BCUT2D eigenvalue weighted by Crippen LogP contribution is -2.49. The smallest absolute Gasteiger partial charge is 0.263 e. The van der Waals surface area contributed by atoms with Gasteiger partial charge in [0, 0.05) is 0 Å². The molecule has 0 aliphatic rings. The summed E-state index contributed by atoms with van der Waals surface area (Å²) in [5, 5.41) is 19.4. The fourth-order valence-electron chi connectivity index (χ4n) is 2.70. The second-order valence-corrected chi connectivity index (χ2v) is 5.84. The summed E-state index contributed by atoms with van der Waals surface area (Å²) in [5.74, 6) is -1.57. The van der Waals surface area contributed by atoms with Crippen molar-refractivity contribution in [2.45, 2.75) is 12.0 Å². The molecule has 0 spiro atoms. The average Bonchev–Trinajstić information content (AvgIpc) is 3.21. The number of hydrogen-bond donors (Lipinski definition) is 3. The second-order valence-electron chi connectivity index (χ2n) is 5.84. The SMILES string of the molecule is O=C(N[C@@H](CO)C(=O)Nn1cnnc1)C(c1ccccc1)c1ccccc1. The van der Waals surface area contributed by atoms with Gasteiger partial charge in [0.15, 0.2) is 0 Å². The van der Waals surface area contributed by atoms with Crippen molar-refractivity contribution in [3.63, 3.8) is 0 Å². The summed E-state index contributed by atoms with van der Waals surface area (Å²) in [5.41, 5.74) is 4.05. The quantitative estimate of drug-likeness (QED) is 0.570. The van der Waals surface area contributed by atoms with E-state index in [1.165, 1.54) is 17.3 Å². The molecule has 2 aromatic carbocycles. The molecule has 3 aromatic rings. The van der Waals surface area contributed by atoms with Crippen LogP contribution in [0.4, 0.5) is 0 Å². The molecular weight excluding hydrogens is 346 g/mol. The van der Waals surface area contributed by atoms with Crippen LogP contribution in [0.3, 0.4) is 0 Å². The van der Waals surface area contributed by atoms with E-state index in [0.29, 0.717) is 0 Å². The molecule has 1 heterocycles. The number of benzene rings is 2. The number of carbonyl (C=O) groups excluding carboxylic acids is 2. The molecular formula is C19H19N5O3. The largest absolute Gasteiger partial charge is 0.394 e. The van der Waals surface area contributed by atoms with Gasteiger partial charge in [-0.3, -0.25) is 15.0 Å². The Kier molecular flexibility index (Phi) is 5.91. The summed E-state index contributed by atoms with van der Waals surface area (Å²) in [6, 6.07) is 17.4. The molecule has 1 aromatic heterocycles. The van der Waals surface area contributed by atoms with Gasteiger partial charge in [-0.25, -0.2) is 4.68 Å². The van der Waals surface area contributed by atoms with E-state index in [1.807, 2.05) is 60.7 Å². The van der Waals surface area contributed by atoms with E-state index in [-0.39, 0.29) is 5.91 Å². The van der Waals surface area contributed by atoms with Crippen molar-refractivity contribution in [2.75, 3.05) is 12.0 Å². The lowest BCUT2D eigenvalue weighted by molar-refractivity contribution is -0.128. The summed E-state index contributed by atoms with van der Waals surface area (Å²) in [6.07, 6.45) is 2.59. The second kappa shape index (κ2) is 8.72. The fourth-order valence-corrected chi connectivity index (χ4v) is 2.70. The minimum atomic E-state index is -1.12. The molecule has 0 radical (unpaired) electrons. The van der Waals surface area contributed by atoms with Gasteiger partial charge >= 0.3 is 0 Å². The molecule has 0 bridgehead atoms. The first kappa shape index (κ1) is 18.3. The average molecular weight is 365 g/mol. The van der Waals surface area contributed by atoms with Crippen LogP contribution in [0.15, 0.2) is 73.3 Å². The molecule has 8 heteroatoms. The zero-order chi connectivity index (χ0) is 19.1. The number of aliphatic hydroxyl groups excluding tert-OH is 1. The third-order valence-electron chi connectivity index (χ3n) is 4.00. The Labute approximate surface area is 155 Å². The van der Waals surface area contributed by atoms with Gasteiger partial charge in [0.25, 0.3) is 5.91 Å². The Morgan fingerprint density at radius 3 is 1.89 bits per heavy atom. The highest BCUT2D eigenvalue weighted by atomic mass is 16.3. The predicted octanol–water partition coefficient (Wildman–Crippen LogP) is 0.657. The number of carbonyl (C=O) groups is 2. The maximum absolute atomic E-state index is 13.0. The van der Waals surface area contributed by atoms with Crippen LogP contribution in [0.1, 0.15) is 17.0 Å². The molecule has 3 N–H and O–H groups in total. The maximum Gasteiger partial charge on any atom is 0.263 e. The minimum absolute atomic E-state index is 0.384. The Morgan fingerprint density at radius 2 is 1.41 bits per heavy atom. The van der Waals surface area contributed by atoms with Gasteiger partial charge in [-0.2, -0.15) is 0 Å². The predicted molar refractivity (Wildman–Crippen MR) is 98.1 cm³/mol. The van der Waals surface area contributed by atoms with Crippen LogP contribution >= 0.6 is 0 Å². The molecule has 1 atom stereocenters. The lowest BCUT2D eigenvalue weighted by Gasteiger charge is -2.22. The van der Waals surface area contributed by atoms with Crippen molar-refractivity contribution in [2.24, 2.45) is 0 Å². The van der Waals surface area contributed by atoms with E-state index in [1.54, 1.807) is 0 Å². The first-order valence-electron chi connectivity index (χ1n) is 8.35. The van der Waals surface area contributed by atoms with Crippen LogP contribution in [0, 0.1) is 0 Å². The molecule has 0 aliphatic carbocycles. The monoisotopic (exact) mass is 365 g/mol. The van der Waals surface area contributed by atoms with Gasteiger partial charge < -0.3 is 10.4 Å². The van der Waals surface area contributed by atoms with Crippen LogP contribution in [-0.2, 0) is 9.59 Å². The van der Waals surface area contributed by atoms with Gasteiger partial charge in [-0.15, -0.1) is 10.2 Å². The number of nitrogens with one attached hydrogen (secondary N) is 2. The van der Waals surface area contributed by atoms with Crippen molar-refractivity contribution in [1.82, 2.24) is 20.2 Å². The van der Waals surface area contributed by atoms with E-state index in [9.17, 15) is 14.7 Å². The lowest BCUT2D eigenvalue weighted by atomic mass is 9.90. The molecule has 2 amide bonds. The van der Waals surface area contributed by atoms with Crippen LogP contribution < -0.4 is 10.7 Å². The van der Waals surface area contributed by atoms with Gasteiger partial charge in [0.2, 0.25) is 5.91 Å². The minimum Gasteiger partial charge on any atom is -0.394 e. The Bertz CT molecular complexity index is 829. The summed E-state index contributed by atoms with van der Waals surface area (Å²) >= 11 is 0. The number of amides is 2. The van der Waals surface area contributed by atoms with Gasteiger partial charge in [0.05, 0.1) is 12.5 Å². The van der Waals surface area contributed by atoms with Crippen LogP contribution in [0.5, 0.6) is 0 Å². The molecule has 0 fully saturated rings. The fraction of sp³-hybridized carbons (Fsp3) is 0.158. The van der Waals surface area contributed by atoms with E-state index in [0.717, 1.165) is 11.1 Å². The molecule has 3 rings (SSSR count). The van der Waals surface area contributed by atoms with Crippen molar-refractivity contribution in [3.8, 4) is 0 Å². The molecule has 138 valence electrons. The zero-order valence-electron chi connectivity index (χ0n) is 14.4. The molecule has 27 heavy (non-hydrogen) atoms. The highest BCUT2D eigenvalue weighted by molar-refractivity contribution is 5.95. The van der Waals surface area contributed by atoms with Gasteiger partial charge in [0.1, 0.15) is 18.7 Å². The third-order valence-corrected chi connectivity index (χ3v) is 4.00. The number of aromatic nitrogens is 3. The van der Waals surface area contributed by atoms with Crippen LogP contribution in [0.2, 0.25) is 0 Å². The van der Waals surface area contributed by atoms with E-state index in [4.69, 9.17) is 0 Å². The summed E-state index contributed by atoms with van der Waals surface area (Å²) in [4.78, 5) is 25.3. The van der Waals surface area contributed by atoms with Gasteiger partial charge in [-0.05, 0) is 11.1 Å². The molecule has 0 unspecified atom stereocenters. The van der Waals surface area contributed by atoms with Crippen molar-refractivity contribution in [3.05, 3.63) is 84.4 Å². The first-order chi connectivity index (χ1) is 13.2. The highest BCUT2D eigenvalue weighted by Crippen LogP contribution is 2.24. The van der Waals surface area contributed by atoms with E-state index < -0.39 is 24.5 Å². The summed E-state index contributed by atoms with van der Waals surface area (Å²) in [7, 11) is 0. The van der Waals surface area contributed by atoms with Crippen molar-refractivity contribution >= 4 is 11.8 Å². The van der Waals surface area contributed by atoms with E-state index >= 15 is 0 Å². The van der Waals surface area contributed by atoms with Crippen LogP contribution in [0.25, 0.3) is 0 Å².